The molecule has 4 nitrogen and oxygen atoms in total. The highest BCUT2D eigenvalue weighted by Crippen LogP contribution is 2.35. The standard InChI is InChI=1S/C13H15ClN2O2/c1-8(14)13(18)15-11-5-3-4-10-6-7-16(9(2)17)12(10)11/h3-5,8H,6-7H2,1-2H3,(H,15,18). The van der Waals surface area contributed by atoms with E-state index in [0.29, 0.717) is 12.2 Å². The summed E-state index contributed by atoms with van der Waals surface area (Å²) >= 11 is 5.74. The molecular formula is C13H15ClN2O2. The van der Waals surface area contributed by atoms with Crippen LogP contribution in [-0.4, -0.2) is 23.7 Å². The van der Waals surface area contributed by atoms with Crippen molar-refractivity contribution >= 4 is 34.8 Å². The first-order chi connectivity index (χ1) is 8.50. The summed E-state index contributed by atoms with van der Waals surface area (Å²) in [4.78, 5) is 24.9. The quantitative estimate of drug-likeness (QED) is 0.834. The first kappa shape index (κ1) is 12.9. The Balaban J connectivity index is 2.35. The number of carbonyl (C=O) groups is 2. The van der Waals surface area contributed by atoms with Crippen LogP contribution in [-0.2, 0) is 16.0 Å². The summed E-state index contributed by atoms with van der Waals surface area (Å²) < 4.78 is 0. The van der Waals surface area contributed by atoms with Crippen molar-refractivity contribution in [2.24, 2.45) is 0 Å². The molecule has 5 heteroatoms. The van der Waals surface area contributed by atoms with Crippen molar-refractivity contribution in [1.82, 2.24) is 0 Å². The first-order valence-corrected chi connectivity index (χ1v) is 6.29. The maximum Gasteiger partial charge on any atom is 0.242 e. The lowest BCUT2D eigenvalue weighted by molar-refractivity contribution is -0.117. The van der Waals surface area contributed by atoms with E-state index in [0.717, 1.165) is 17.7 Å². The Morgan fingerprint density at radius 1 is 1.44 bits per heavy atom. The molecule has 96 valence electrons. The van der Waals surface area contributed by atoms with E-state index in [-0.39, 0.29) is 11.8 Å². The van der Waals surface area contributed by atoms with Gasteiger partial charge in [0.1, 0.15) is 5.38 Å². The molecule has 1 aromatic rings. The molecule has 0 bridgehead atoms. The number of nitrogens with one attached hydrogen (secondary N) is 1. The van der Waals surface area contributed by atoms with Gasteiger partial charge in [0.2, 0.25) is 11.8 Å². The number of para-hydroxylation sites is 1. The molecule has 1 unspecified atom stereocenters. The summed E-state index contributed by atoms with van der Waals surface area (Å²) in [6.45, 7) is 3.80. The van der Waals surface area contributed by atoms with Crippen molar-refractivity contribution in [1.29, 1.82) is 0 Å². The Morgan fingerprint density at radius 2 is 2.17 bits per heavy atom. The summed E-state index contributed by atoms with van der Waals surface area (Å²) in [7, 11) is 0. The molecule has 1 aliphatic rings. The van der Waals surface area contributed by atoms with E-state index >= 15 is 0 Å². The minimum absolute atomic E-state index is 0.0191. The van der Waals surface area contributed by atoms with Crippen molar-refractivity contribution in [3.63, 3.8) is 0 Å². The molecule has 0 saturated carbocycles. The van der Waals surface area contributed by atoms with E-state index in [9.17, 15) is 9.59 Å². The molecule has 0 saturated heterocycles. The van der Waals surface area contributed by atoms with Gasteiger partial charge < -0.3 is 10.2 Å². The van der Waals surface area contributed by atoms with E-state index in [4.69, 9.17) is 11.6 Å². The molecule has 2 rings (SSSR count). The van der Waals surface area contributed by atoms with Crippen molar-refractivity contribution in [3.8, 4) is 0 Å². The first-order valence-electron chi connectivity index (χ1n) is 5.85. The highest BCUT2D eigenvalue weighted by Gasteiger charge is 2.26. The summed E-state index contributed by atoms with van der Waals surface area (Å²) in [5.41, 5.74) is 2.53. The second-order valence-electron chi connectivity index (χ2n) is 4.34. The van der Waals surface area contributed by atoms with Crippen LogP contribution in [0.25, 0.3) is 0 Å². The number of halogens is 1. The van der Waals surface area contributed by atoms with Crippen LogP contribution in [0.5, 0.6) is 0 Å². The van der Waals surface area contributed by atoms with Crippen LogP contribution < -0.4 is 10.2 Å². The molecule has 0 spiro atoms. The Hall–Kier alpha value is -1.55. The van der Waals surface area contributed by atoms with Gasteiger partial charge in [0.15, 0.2) is 0 Å². The van der Waals surface area contributed by atoms with Gasteiger partial charge in [-0.1, -0.05) is 12.1 Å². The minimum atomic E-state index is -0.604. The third-order valence-corrected chi connectivity index (χ3v) is 3.19. The SMILES string of the molecule is CC(=O)N1CCc2cccc(NC(=O)C(C)Cl)c21. The number of hydrogen-bond donors (Lipinski definition) is 1. The van der Waals surface area contributed by atoms with Crippen molar-refractivity contribution < 1.29 is 9.59 Å². The van der Waals surface area contributed by atoms with Gasteiger partial charge in [0.25, 0.3) is 0 Å². The van der Waals surface area contributed by atoms with Gasteiger partial charge in [-0.05, 0) is 25.0 Å². The van der Waals surface area contributed by atoms with Crippen LogP contribution >= 0.6 is 11.6 Å². The molecule has 1 heterocycles. The lowest BCUT2D eigenvalue weighted by atomic mass is 10.1. The van der Waals surface area contributed by atoms with Crippen LogP contribution in [0.2, 0.25) is 0 Å². The predicted molar refractivity (Wildman–Crippen MR) is 72.1 cm³/mol. The third-order valence-electron chi connectivity index (χ3n) is 2.99. The molecular weight excluding hydrogens is 252 g/mol. The van der Waals surface area contributed by atoms with E-state index in [1.807, 2.05) is 12.1 Å². The van der Waals surface area contributed by atoms with Crippen molar-refractivity contribution in [3.05, 3.63) is 23.8 Å². The van der Waals surface area contributed by atoms with E-state index in [2.05, 4.69) is 5.32 Å². The monoisotopic (exact) mass is 266 g/mol. The number of benzene rings is 1. The average Bonchev–Trinajstić information content (AvgIpc) is 2.73. The second kappa shape index (κ2) is 4.98. The summed E-state index contributed by atoms with van der Waals surface area (Å²) in [6, 6.07) is 5.63. The van der Waals surface area contributed by atoms with Gasteiger partial charge in [0.05, 0.1) is 11.4 Å². The number of anilines is 2. The van der Waals surface area contributed by atoms with Gasteiger partial charge in [0, 0.05) is 13.5 Å². The van der Waals surface area contributed by atoms with Gasteiger partial charge in [-0.3, -0.25) is 9.59 Å². The predicted octanol–water partition coefficient (Wildman–Crippen LogP) is 2.16. The zero-order valence-electron chi connectivity index (χ0n) is 10.4. The summed E-state index contributed by atoms with van der Waals surface area (Å²) in [5.74, 6) is -0.283. The number of nitrogens with zero attached hydrogens (tertiary/aromatic N) is 1. The van der Waals surface area contributed by atoms with Gasteiger partial charge in [-0.15, -0.1) is 11.6 Å². The van der Waals surface area contributed by atoms with Crippen LogP contribution in [0.15, 0.2) is 18.2 Å². The summed E-state index contributed by atoms with van der Waals surface area (Å²) in [6.07, 6.45) is 0.815. The van der Waals surface area contributed by atoms with Crippen molar-refractivity contribution in [2.75, 3.05) is 16.8 Å². The molecule has 1 aromatic carbocycles. The van der Waals surface area contributed by atoms with E-state index in [1.165, 1.54) is 6.92 Å². The van der Waals surface area contributed by atoms with Crippen molar-refractivity contribution in [2.45, 2.75) is 25.6 Å². The Bertz CT molecular complexity index is 500. The fourth-order valence-corrected chi connectivity index (χ4v) is 2.16. The van der Waals surface area contributed by atoms with E-state index < -0.39 is 5.38 Å². The lowest BCUT2D eigenvalue weighted by Crippen LogP contribution is -2.28. The number of alkyl halides is 1. The number of carbonyl (C=O) groups excluding carboxylic acids is 2. The highest BCUT2D eigenvalue weighted by molar-refractivity contribution is 6.32. The van der Waals surface area contributed by atoms with Gasteiger partial charge >= 0.3 is 0 Å². The topological polar surface area (TPSA) is 49.4 Å². The summed E-state index contributed by atoms with van der Waals surface area (Å²) in [5, 5.41) is 2.16. The molecule has 18 heavy (non-hydrogen) atoms. The normalized spacial score (nSPS) is 15.2. The maximum atomic E-state index is 11.6. The molecule has 1 N–H and O–H groups in total. The largest absolute Gasteiger partial charge is 0.323 e. The number of rotatable bonds is 2. The molecule has 0 radical (unpaired) electrons. The average molecular weight is 267 g/mol. The molecule has 1 atom stereocenters. The Labute approximate surface area is 111 Å². The van der Waals surface area contributed by atoms with E-state index in [1.54, 1.807) is 17.9 Å². The maximum absolute atomic E-state index is 11.6. The highest BCUT2D eigenvalue weighted by atomic mass is 35.5. The second-order valence-corrected chi connectivity index (χ2v) is 4.99. The molecule has 0 aliphatic carbocycles. The molecule has 2 amide bonds. The molecule has 0 fully saturated rings. The van der Waals surface area contributed by atoms with Crippen LogP contribution in [0, 0.1) is 0 Å². The number of amides is 2. The molecule has 1 aliphatic heterocycles. The Kier molecular flexibility index (Phi) is 3.57. The fraction of sp³-hybridized carbons (Fsp3) is 0.385. The van der Waals surface area contributed by atoms with Gasteiger partial charge in [-0.2, -0.15) is 0 Å². The number of fused-ring (bicyclic) bond motifs is 1. The Morgan fingerprint density at radius 3 is 2.78 bits per heavy atom. The lowest BCUT2D eigenvalue weighted by Gasteiger charge is -2.19. The third kappa shape index (κ3) is 2.34. The fourth-order valence-electron chi connectivity index (χ4n) is 2.10. The smallest absolute Gasteiger partial charge is 0.242 e. The van der Waals surface area contributed by atoms with Gasteiger partial charge in [-0.25, -0.2) is 0 Å². The van der Waals surface area contributed by atoms with Crippen LogP contribution in [0.4, 0.5) is 11.4 Å². The zero-order chi connectivity index (χ0) is 13.3. The zero-order valence-corrected chi connectivity index (χ0v) is 11.1. The minimum Gasteiger partial charge on any atom is -0.323 e. The van der Waals surface area contributed by atoms with Crippen LogP contribution in [0.1, 0.15) is 19.4 Å². The molecule has 0 aromatic heterocycles. The number of hydrogen-bond acceptors (Lipinski definition) is 2. The van der Waals surface area contributed by atoms with Crippen LogP contribution in [0.3, 0.4) is 0 Å².